The molecule has 0 saturated carbocycles. The van der Waals surface area contributed by atoms with Crippen LogP contribution in [-0.4, -0.2) is 24.6 Å². The molecule has 0 aliphatic rings. The van der Waals surface area contributed by atoms with Crippen LogP contribution < -0.4 is 10.6 Å². The minimum Gasteiger partial charge on any atom is -0.349 e. The first-order valence-electron chi connectivity index (χ1n) is 5.13. The van der Waals surface area contributed by atoms with E-state index in [1.807, 2.05) is 0 Å². The van der Waals surface area contributed by atoms with Gasteiger partial charge in [-0.05, 0) is 13.8 Å². The summed E-state index contributed by atoms with van der Waals surface area (Å²) in [6, 6.07) is 0. The number of hydrogen-bond acceptors (Lipinski definition) is 4. The topological polar surface area (TPSA) is 42.2 Å². The molecule has 0 bridgehead atoms. The largest absolute Gasteiger partial charge is 0.349 e. The number of anilines is 1. The van der Waals surface area contributed by atoms with E-state index in [1.165, 1.54) is 0 Å². The third-order valence-corrected chi connectivity index (χ3v) is 3.32. The zero-order chi connectivity index (χ0) is 10.6. The molecule has 1 unspecified atom stereocenters. The Morgan fingerprint density at radius 1 is 1.50 bits per heavy atom. The van der Waals surface area contributed by atoms with Crippen LogP contribution in [0.25, 0.3) is 0 Å². The van der Waals surface area contributed by atoms with Crippen LogP contribution in [0.3, 0.4) is 0 Å². The summed E-state index contributed by atoms with van der Waals surface area (Å²) >= 11 is 1.71. The summed E-state index contributed by atoms with van der Waals surface area (Å²) in [5.74, 6) is 0.371. The average Bonchev–Trinajstić information content (AvgIpc) is 2.68. The van der Waals surface area contributed by atoms with Gasteiger partial charge in [0.2, 0.25) is 0 Å². The summed E-state index contributed by atoms with van der Waals surface area (Å²) in [5.41, 5.74) is 6.73. The summed E-state index contributed by atoms with van der Waals surface area (Å²) in [5, 5.41) is 3.23. The van der Waals surface area contributed by atoms with Crippen molar-refractivity contribution in [3.63, 3.8) is 0 Å². The predicted octanol–water partition coefficient (Wildman–Crippen LogP) is 2.05. The monoisotopic (exact) mass is 213 g/mol. The van der Waals surface area contributed by atoms with E-state index >= 15 is 0 Å². The van der Waals surface area contributed by atoms with Crippen LogP contribution in [0.4, 0.5) is 5.13 Å². The molecule has 0 aliphatic heterocycles. The van der Waals surface area contributed by atoms with E-state index in [0.717, 1.165) is 23.9 Å². The van der Waals surface area contributed by atoms with E-state index < -0.39 is 0 Å². The molecular formula is C10H19N3S. The highest BCUT2D eigenvalue weighted by Crippen LogP contribution is 2.24. The quantitative estimate of drug-likeness (QED) is 0.814. The van der Waals surface area contributed by atoms with Crippen LogP contribution in [0.1, 0.15) is 32.4 Å². The molecular weight excluding hydrogens is 194 g/mol. The SMILES string of the molecule is CCN(CC)c1nc(C(C)CN)cs1. The Hall–Kier alpha value is -0.610. The lowest BCUT2D eigenvalue weighted by Crippen LogP contribution is -2.21. The van der Waals surface area contributed by atoms with Crippen LogP contribution in [0.2, 0.25) is 0 Å². The lowest BCUT2D eigenvalue weighted by molar-refractivity contribution is 0.746. The average molecular weight is 213 g/mol. The fourth-order valence-corrected chi connectivity index (χ4v) is 2.34. The summed E-state index contributed by atoms with van der Waals surface area (Å²) < 4.78 is 0. The molecule has 1 heterocycles. The second-order valence-electron chi connectivity index (χ2n) is 3.36. The van der Waals surface area contributed by atoms with Gasteiger partial charge in [0, 0.05) is 30.9 Å². The molecule has 0 aliphatic carbocycles. The second-order valence-corrected chi connectivity index (χ2v) is 4.20. The van der Waals surface area contributed by atoms with Crippen molar-refractivity contribution in [2.75, 3.05) is 24.5 Å². The van der Waals surface area contributed by atoms with Crippen molar-refractivity contribution in [2.45, 2.75) is 26.7 Å². The van der Waals surface area contributed by atoms with E-state index in [1.54, 1.807) is 11.3 Å². The van der Waals surface area contributed by atoms with Crippen LogP contribution in [0, 0.1) is 0 Å². The third kappa shape index (κ3) is 2.45. The lowest BCUT2D eigenvalue weighted by Gasteiger charge is -2.16. The normalized spacial score (nSPS) is 12.9. The first kappa shape index (κ1) is 11.5. The minimum absolute atomic E-state index is 0.371. The second kappa shape index (κ2) is 5.32. The van der Waals surface area contributed by atoms with E-state index in [-0.39, 0.29) is 0 Å². The van der Waals surface area contributed by atoms with E-state index in [2.05, 4.69) is 36.0 Å². The number of nitrogens with zero attached hydrogens (tertiary/aromatic N) is 2. The molecule has 1 aromatic rings. The first-order valence-corrected chi connectivity index (χ1v) is 6.01. The van der Waals surface area contributed by atoms with Crippen molar-refractivity contribution in [3.05, 3.63) is 11.1 Å². The standard InChI is InChI=1S/C10H19N3S/c1-4-13(5-2)10-12-9(7-14-10)8(3)6-11/h7-8H,4-6,11H2,1-3H3. The highest BCUT2D eigenvalue weighted by molar-refractivity contribution is 7.13. The van der Waals surface area contributed by atoms with E-state index in [4.69, 9.17) is 5.73 Å². The molecule has 0 aromatic carbocycles. The van der Waals surface area contributed by atoms with Gasteiger partial charge >= 0.3 is 0 Å². The maximum atomic E-state index is 5.61. The maximum Gasteiger partial charge on any atom is 0.185 e. The smallest absolute Gasteiger partial charge is 0.185 e. The third-order valence-electron chi connectivity index (χ3n) is 2.40. The molecule has 1 atom stereocenters. The predicted molar refractivity (Wildman–Crippen MR) is 63.1 cm³/mol. The summed E-state index contributed by atoms with van der Waals surface area (Å²) in [7, 11) is 0. The molecule has 0 fully saturated rings. The van der Waals surface area contributed by atoms with Crippen LogP contribution in [-0.2, 0) is 0 Å². The Labute approximate surface area is 89.9 Å². The molecule has 3 nitrogen and oxygen atoms in total. The fraction of sp³-hybridized carbons (Fsp3) is 0.700. The molecule has 0 radical (unpaired) electrons. The first-order chi connectivity index (χ1) is 6.72. The Balaban J connectivity index is 2.76. The maximum absolute atomic E-state index is 5.61. The molecule has 0 amide bonds. The number of rotatable bonds is 5. The van der Waals surface area contributed by atoms with Crippen molar-refractivity contribution in [1.29, 1.82) is 0 Å². The molecule has 1 rings (SSSR count). The molecule has 0 saturated heterocycles. The molecule has 80 valence electrons. The van der Waals surface area contributed by atoms with Gasteiger partial charge < -0.3 is 10.6 Å². The zero-order valence-corrected chi connectivity index (χ0v) is 9.97. The van der Waals surface area contributed by atoms with Gasteiger partial charge in [-0.25, -0.2) is 4.98 Å². The van der Waals surface area contributed by atoms with Crippen molar-refractivity contribution in [2.24, 2.45) is 5.73 Å². The number of thiazole rings is 1. The van der Waals surface area contributed by atoms with Gasteiger partial charge in [0.25, 0.3) is 0 Å². The van der Waals surface area contributed by atoms with Gasteiger partial charge in [-0.1, -0.05) is 6.92 Å². The molecule has 0 spiro atoms. The van der Waals surface area contributed by atoms with Gasteiger partial charge in [-0.2, -0.15) is 0 Å². The summed E-state index contributed by atoms with van der Waals surface area (Å²) in [6.07, 6.45) is 0. The summed E-state index contributed by atoms with van der Waals surface area (Å²) in [6.45, 7) is 9.11. The van der Waals surface area contributed by atoms with Gasteiger partial charge in [0.15, 0.2) is 5.13 Å². The van der Waals surface area contributed by atoms with E-state index in [0.29, 0.717) is 12.5 Å². The van der Waals surface area contributed by atoms with Crippen molar-refractivity contribution in [1.82, 2.24) is 4.98 Å². The molecule has 1 aromatic heterocycles. The van der Waals surface area contributed by atoms with Crippen LogP contribution in [0.15, 0.2) is 5.38 Å². The number of nitrogens with two attached hydrogens (primary N) is 1. The van der Waals surface area contributed by atoms with Gasteiger partial charge in [-0.3, -0.25) is 0 Å². The van der Waals surface area contributed by atoms with Crippen LogP contribution >= 0.6 is 11.3 Å². The molecule has 2 N–H and O–H groups in total. The van der Waals surface area contributed by atoms with Gasteiger partial charge in [0.1, 0.15) is 0 Å². The molecule has 14 heavy (non-hydrogen) atoms. The van der Waals surface area contributed by atoms with Crippen molar-refractivity contribution >= 4 is 16.5 Å². The Kier molecular flexibility index (Phi) is 4.35. The van der Waals surface area contributed by atoms with Crippen LogP contribution in [0.5, 0.6) is 0 Å². The Morgan fingerprint density at radius 2 is 2.14 bits per heavy atom. The van der Waals surface area contributed by atoms with Crippen molar-refractivity contribution in [3.8, 4) is 0 Å². The highest BCUT2D eigenvalue weighted by Gasteiger charge is 2.11. The lowest BCUT2D eigenvalue weighted by atomic mass is 10.1. The van der Waals surface area contributed by atoms with E-state index in [9.17, 15) is 0 Å². The number of hydrogen-bond donors (Lipinski definition) is 1. The van der Waals surface area contributed by atoms with Gasteiger partial charge in [-0.15, -0.1) is 11.3 Å². The Morgan fingerprint density at radius 3 is 2.64 bits per heavy atom. The van der Waals surface area contributed by atoms with Crippen molar-refractivity contribution < 1.29 is 0 Å². The minimum atomic E-state index is 0.371. The Bertz CT molecular complexity index is 268. The fourth-order valence-electron chi connectivity index (χ4n) is 1.26. The highest BCUT2D eigenvalue weighted by atomic mass is 32.1. The zero-order valence-electron chi connectivity index (χ0n) is 9.16. The number of aromatic nitrogens is 1. The molecule has 4 heteroatoms. The summed E-state index contributed by atoms with van der Waals surface area (Å²) in [4.78, 5) is 6.85. The van der Waals surface area contributed by atoms with Gasteiger partial charge in [0.05, 0.1) is 5.69 Å².